The molecule has 1 heterocycles. The number of esters is 1. The molecule has 0 bridgehead atoms. The first-order chi connectivity index (χ1) is 15.1. The zero-order valence-electron chi connectivity index (χ0n) is 18.6. The van der Waals surface area contributed by atoms with Crippen molar-refractivity contribution in [3.63, 3.8) is 0 Å². The minimum atomic E-state index is -3.92. The third-order valence-electron chi connectivity index (χ3n) is 5.12. The molecule has 170 valence electrons. The fourth-order valence-electron chi connectivity index (χ4n) is 3.50. The second-order valence-corrected chi connectivity index (χ2v) is 9.49. The molecule has 0 aliphatic heterocycles. The molecular formula is C24H27NO6S. The highest BCUT2D eigenvalue weighted by molar-refractivity contribution is 7.89. The van der Waals surface area contributed by atoms with Gasteiger partial charge in [-0.3, -0.25) is 0 Å². The summed E-state index contributed by atoms with van der Waals surface area (Å²) in [5.41, 5.74) is 2.20. The quantitative estimate of drug-likeness (QED) is 0.311. The molecular weight excluding hydrogens is 430 g/mol. The summed E-state index contributed by atoms with van der Waals surface area (Å²) in [6, 6.07) is 10.1. The Morgan fingerprint density at radius 1 is 1.06 bits per heavy atom. The molecule has 0 saturated carbocycles. The SMILES string of the molecule is CCCC(NS(=O)(=O)c1ccc(C)cc1)C(=O)Oc1cc(C)cc2oc(=O)cc(CC)c12. The monoisotopic (exact) mass is 457 g/mol. The summed E-state index contributed by atoms with van der Waals surface area (Å²) < 4.78 is 39.1. The smallest absolute Gasteiger partial charge is 0.336 e. The lowest BCUT2D eigenvalue weighted by Crippen LogP contribution is -2.42. The lowest BCUT2D eigenvalue weighted by Gasteiger charge is -2.18. The summed E-state index contributed by atoms with van der Waals surface area (Å²) in [7, 11) is -3.92. The van der Waals surface area contributed by atoms with E-state index in [4.69, 9.17) is 9.15 Å². The normalized spacial score (nSPS) is 12.6. The molecule has 7 nitrogen and oxygen atoms in total. The van der Waals surface area contributed by atoms with Gasteiger partial charge in [0.25, 0.3) is 0 Å². The summed E-state index contributed by atoms with van der Waals surface area (Å²) in [4.78, 5) is 25.0. The largest absolute Gasteiger partial charge is 0.425 e. The Labute approximate surface area is 187 Å². The van der Waals surface area contributed by atoms with Gasteiger partial charge in [0.05, 0.1) is 10.3 Å². The zero-order chi connectivity index (χ0) is 23.5. The number of carbonyl (C=O) groups is 1. The molecule has 0 spiro atoms. The van der Waals surface area contributed by atoms with Gasteiger partial charge < -0.3 is 9.15 Å². The molecule has 0 saturated heterocycles. The first kappa shape index (κ1) is 23.7. The van der Waals surface area contributed by atoms with E-state index in [-0.39, 0.29) is 17.1 Å². The molecule has 0 aliphatic carbocycles. The molecule has 1 atom stereocenters. The van der Waals surface area contributed by atoms with Gasteiger partial charge in [-0.15, -0.1) is 0 Å². The Morgan fingerprint density at radius 2 is 1.75 bits per heavy atom. The van der Waals surface area contributed by atoms with Gasteiger partial charge in [-0.2, -0.15) is 4.72 Å². The van der Waals surface area contributed by atoms with Crippen molar-refractivity contribution in [2.75, 3.05) is 0 Å². The molecule has 3 aromatic rings. The molecule has 1 N–H and O–H groups in total. The maximum atomic E-state index is 13.0. The van der Waals surface area contributed by atoms with Crippen LogP contribution in [0.4, 0.5) is 0 Å². The number of benzene rings is 2. The van der Waals surface area contributed by atoms with Crippen LogP contribution in [0.3, 0.4) is 0 Å². The fraction of sp³-hybridized carbons (Fsp3) is 0.333. The van der Waals surface area contributed by atoms with Crippen molar-refractivity contribution in [3.05, 3.63) is 69.6 Å². The van der Waals surface area contributed by atoms with Crippen molar-refractivity contribution in [2.24, 2.45) is 0 Å². The Morgan fingerprint density at radius 3 is 2.38 bits per heavy atom. The second-order valence-electron chi connectivity index (χ2n) is 7.78. The summed E-state index contributed by atoms with van der Waals surface area (Å²) in [5.74, 6) is -0.482. The van der Waals surface area contributed by atoms with Crippen LogP contribution in [0.5, 0.6) is 5.75 Å². The molecule has 0 radical (unpaired) electrons. The van der Waals surface area contributed by atoms with Gasteiger partial charge in [0.1, 0.15) is 17.4 Å². The van der Waals surface area contributed by atoms with E-state index in [1.807, 2.05) is 20.8 Å². The highest BCUT2D eigenvalue weighted by atomic mass is 32.2. The van der Waals surface area contributed by atoms with Crippen LogP contribution in [0.25, 0.3) is 11.0 Å². The minimum Gasteiger partial charge on any atom is -0.425 e. The van der Waals surface area contributed by atoms with Gasteiger partial charge in [0.2, 0.25) is 10.0 Å². The van der Waals surface area contributed by atoms with E-state index in [2.05, 4.69) is 4.72 Å². The number of fused-ring (bicyclic) bond motifs is 1. The van der Waals surface area contributed by atoms with Crippen LogP contribution in [0.2, 0.25) is 0 Å². The molecule has 8 heteroatoms. The van der Waals surface area contributed by atoms with Crippen LogP contribution in [0, 0.1) is 13.8 Å². The molecule has 3 rings (SSSR count). The van der Waals surface area contributed by atoms with Gasteiger partial charge in [-0.05, 0) is 62.1 Å². The number of aryl methyl sites for hydroxylation is 3. The molecule has 0 fully saturated rings. The minimum absolute atomic E-state index is 0.0769. The summed E-state index contributed by atoms with van der Waals surface area (Å²) in [5, 5.41) is 0.530. The third-order valence-corrected chi connectivity index (χ3v) is 6.60. The highest BCUT2D eigenvalue weighted by Gasteiger charge is 2.27. The highest BCUT2D eigenvalue weighted by Crippen LogP contribution is 2.30. The van der Waals surface area contributed by atoms with Crippen LogP contribution in [0.15, 0.2) is 56.6 Å². The molecule has 0 aliphatic rings. The maximum absolute atomic E-state index is 13.0. The lowest BCUT2D eigenvalue weighted by molar-refractivity contribution is -0.136. The first-order valence-electron chi connectivity index (χ1n) is 10.5. The Hall–Kier alpha value is -2.97. The van der Waals surface area contributed by atoms with E-state index >= 15 is 0 Å². The molecule has 0 amide bonds. The van der Waals surface area contributed by atoms with Crippen LogP contribution < -0.4 is 15.1 Å². The number of nitrogens with one attached hydrogen (secondary N) is 1. The standard InChI is InChI=1S/C24H27NO6S/c1-5-7-19(25-32(28,29)18-10-8-15(3)9-11-18)24(27)31-21-13-16(4)12-20-23(21)17(6-2)14-22(26)30-20/h8-14,19,25H,5-7H2,1-4H3. The fourth-order valence-corrected chi connectivity index (χ4v) is 4.71. The molecule has 2 aromatic carbocycles. The predicted octanol–water partition coefficient (Wildman–Crippen LogP) is 4.02. The molecule has 1 unspecified atom stereocenters. The zero-order valence-corrected chi connectivity index (χ0v) is 19.4. The molecule has 32 heavy (non-hydrogen) atoms. The average Bonchev–Trinajstić information content (AvgIpc) is 2.72. The van der Waals surface area contributed by atoms with Gasteiger partial charge >= 0.3 is 11.6 Å². The number of hydrogen-bond donors (Lipinski definition) is 1. The van der Waals surface area contributed by atoms with Gasteiger partial charge in [0.15, 0.2) is 0 Å². The van der Waals surface area contributed by atoms with E-state index in [1.54, 1.807) is 31.2 Å². The van der Waals surface area contributed by atoms with Crippen LogP contribution >= 0.6 is 0 Å². The van der Waals surface area contributed by atoms with E-state index in [0.29, 0.717) is 29.4 Å². The van der Waals surface area contributed by atoms with Crippen molar-refractivity contribution in [1.29, 1.82) is 0 Å². The van der Waals surface area contributed by atoms with E-state index < -0.39 is 27.7 Å². The number of hydrogen-bond acceptors (Lipinski definition) is 6. The van der Waals surface area contributed by atoms with Gasteiger partial charge in [-0.1, -0.05) is 38.0 Å². The van der Waals surface area contributed by atoms with E-state index in [9.17, 15) is 18.0 Å². The van der Waals surface area contributed by atoms with Crippen molar-refractivity contribution in [1.82, 2.24) is 4.72 Å². The van der Waals surface area contributed by atoms with Crippen LogP contribution in [0.1, 0.15) is 43.4 Å². The van der Waals surface area contributed by atoms with Crippen LogP contribution in [-0.4, -0.2) is 20.4 Å². The van der Waals surface area contributed by atoms with Crippen LogP contribution in [-0.2, 0) is 21.2 Å². The Balaban J connectivity index is 1.95. The maximum Gasteiger partial charge on any atom is 0.336 e. The van der Waals surface area contributed by atoms with Crippen molar-refractivity contribution in [2.45, 2.75) is 57.9 Å². The summed E-state index contributed by atoms with van der Waals surface area (Å²) >= 11 is 0. The lowest BCUT2D eigenvalue weighted by atomic mass is 10.0. The Kier molecular flexibility index (Phi) is 7.16. The number of sulfonamides is 1. The average molecular weight is 458 g/mol. The number of rotatable bonds is 8. The number of carbonyl (C=O) groups excluding carboxylic acids is 1. The predicted molar refractivity (Wildman–Crippen MR) is 122 cm³/mol. The first-order valence-corrected chi connectivity index (χ1v) is 12.0. The van der Waals surface area contributed by atoms with Crippen molar-refractivity contribution < 1.29 is 22.4 Å². The van der Waals surface area contributed by atoms with Crippen molar-refractivity contribution in [3.8, 4) is 5.75 Å². The number of ether oxygens (including phenoxy) is 1. The van der Waals surface area contributed by atoms with E-state index in [0.717, 1.165) is 11.1 Å². The summed E-state index contributed by atoms with van der Waals surface area (Å²) in [6.45, 7) is 7.39. The second kappa shape index (κ2) is 9.67. The molecule has 1 aromatic heterocycles. The Bertz CT molecular complexity index is 1290. The van der Waals surface area contributed by atoms with Crippen molar-refractivity contribution >= 4 is 27.0 Å². The third kappa shape index (κ3) is 5.26. The van der Waals surface area contributed by atoms with E-state index in [1.165, 1.54) is 18.2 Å². The topological polar surface area (TPSA) is 103 Å². The summed E-state index contributed by atoms with van der Waals surface area (Å²) in [6.07, 6.45) is 1.37. The van der Waals surface area contributed by atoms with Gasteiger partial charge in [0, 0.05) is 6.07 Å². The van der Waals surface area contributed by atoms with Gasteiger partial charge in [-0.25, -0.2) is 18.0 Å².